The van der Waals surface area contributed by atoms with E-state index >= 15 is 0 Å². The molecule has 4 rings (SSSR count). The highest BCUT2D eigenvalue weighted by molar-refractivity contribution is 7.14. The molecule has 188 valence electrons. The summed E-state index contributed by atoms with van der Waals surface area (Å²) in [6.45, 7) is 11.3. The Labute approximate surface area is 217 Å². The van der Waals surface area contributed by atoms with Crippen LogP contribution < -0.4 is 4.90 Å². The molecule has 1 aliphatic heterocycles. The minimum absolute atomic E-state index is 0. The van der Waals surface area contributed by atoms with Crippen molar-refractivity contribution in [1.82, 2.24) is 9.88 Å². The maximum atomic E-state index is 13.6. The van der Waals surface area contributed by atoms with Crippen LogP contribution in [0, 0.1) is 5.82 Å². The number of anilines is 1. The van der Waals surface area contributed by atoms with E-state index in [0.29, 0.717) is 17.2 Å². The Morgan fingerprint density at radius 2 is 1.74 bits per heavy atom. The fourth-order valence-corrected chi connectivity index (χ4v) is 4.83. The van der Waals surface area contributed by atoms with Crippen LogP contribution in [-0.4, -0.2) is 55.2 Å². The van der Waals surface area contributed by atoms with Crippen LogP contribution in [0.25, 0.3) is 11.3 Å². The van der Waals surface area contributed by atoms with Crippen LogP contribution in [-0.2, 0) is 10.2 Å². The van der Waals surface area contributed by atoms with E-state index in [9.17, 15) is 9.18 Å². The Hall–Kier alpha value is -2.32. The number of thiazole rings is 1. The lowest BCUT2D eigenvalue weighted by atomic mass is 9.86. The van der Waals surface area contributed by atoms with Crippen molar-refractivity contribution in [2.24, 2.45) is 0 Å². The minimum atomic E-state index is -0.280. The van der Waals surface area contributed by atoms with Gasteiger partial charge in [0, 0.05) is 42.7 Å². The number of hydrogen-bond acceptors (Lipinski definition) is 5. The largest absolute Gasteiger partial charge is 0.379 e. The Morgan fingerprint density at radius 1 is 1.09 bits per heavy atom. The van der Waals surface area contributed by atoms with E-state index in [2.05, 4.69) is 25.7 Å². The van der Waals surface area contributed by atoms with Gasteiger partial charge in [-0.1, -0.05) is 32.9 Å². The van der Waals surface area contributed by atoms with Crippen molar-refractivity contribution in [2.45, 2.75) is 32.6 Å². The summed E-state index contributed by atoms with van der Waals surface area (Å²) in [4.78, 5) is 22.5. The zero-order valence-electron chi connectivity index (χ0n) is 20.5. The van der Waals surface area contributed by atoms with E-state index in [0.717, 1.165) is 50.5 Å². The minimum Gasteiger partial charge on any atom is -0.379 e. The van der Waals surface area contributed by atoms with Crippen LogP contribution >= 0.6 is 23.7 Å². The maximum Gasteiger partial charge on any atom is 0.260 e. The lowest BCUT2D eigenvalue weighted by Gasteiger charge is -2.28. The molecule has 0 saturated carbocycles. The van der Waals surface area contributed by atoms with Gasteiger partial charge in [-0.05, 0) is 53.8 Å². The zero-order valence-corrected chi connectivity index (χ0v) is 22.1. The molecule has 2 heterocycles. The monoisotopic (exact) mass is 517 g/mol. The Bertz CT molecular complexity index is 1090. The highest BCUT2D eigenvalue weighted by atomic mass is 35.5. The van der Waals surface area contributed by atoms with Crippen molar-refractivity contribution < 1.29 is 13.9 Å². The van der Waals surface area contributed by atoms with Gasteiger partial charge in [0.15, 0.2) is 5.13 Å². The molecule has 0 N–H and O–H groups in total. The number of aromatic nitrogens is 1. The van der Waals surface area contributed by atoms with Gasteiger partial charge in [0.05, 0.1) is 18.9 Å². The van der Waals surface area contributed by atoms with Crippen molar-refractivity contribution >= 4 is 34.8 Å². The van der Waals surface area contributed by atoms with Gasteiger partial charge in [0.2, 0.25) is 0 Å². The van der Waals surface area contributed by atoms with Gasteiger partial charge in [-0.2, -0.15) is 0 Å². The van der Waals surface area contributed by atoms with Crippen LogP contribution in [0.3, 0.4) is 0 Å². The van der Waals surface area contributed by atoms with Crippen LogP contribution in [0.4, 0.5) is 9.52 Å². The number of ether oxygens (including phenoxy) is 1. The van der Waals surface area contributed by atoms with Crippen molar-refractivity contribution in [2.75, 3.05) is 44.3 Å². The first kappa shape index (κ1) is 27.3. The molecule has 1 saturated heterocycles. The average Bonchev–Trinajstić information content (AvgIpc) is 3.32. The summed E-state index contributed by atoms with van der Waals surface area (Å²) >= 11 is 1.44. The quantitative estimate of drug-likeness (QED) is 0.383. The van der Waals surface area contributed by atoms with Crippen LogP contribution in [0.1, 0.15) is 43.1 Å². The molecular formula is C27H33ClFN3O2S. The smallest absolute Gasteiger partial charge is 0.260 e. The second kappa shape index (κ2) is 12.1. The van der Waals surface area contributed by atoms with E-state index in [1.54, 1.807) is 17.0 Å². The van der Waals surface area contributed by atoms with Crippen molar-refractivity contribution in [3.63, 3.8) is 0 Å². The highest BCUT2D eigenvalue weighted by Gasteiger charge is 2.23. The van der Waals surface area contributed by atoms with E-state index in [1.807, 2.05) is 29.6 Å². The Balaban J connectivity index is 0.00000342. The lowest BCUT2D eigenvalue weighted by Crippen LogP contribution is -2.39. The highest BCUT2D eigenvalue weighted by Crippen LogP contribution is 2.29. The fraction of sp³-hybridized carbons (Fsp3) is 0.407. The van der Waals surface area contributed by atoms with Crippen molar-refractivity contribution in [1.29, 1.82) is 0 Å². The normalized spacial score (nSPS) is 14.4. The number of halogens is 2. The predicted molar refractivity (Wildman–Crippen MR) is 143 cm³/mol. The molecule has 3 aromatic rings. The molecule has 1 aromatic heterocycles. The van der Waals surface area contributed by atoms with Gasteiger partial charge in [0.25, 0.3) is 5.91 Å². The van der Waals surface area contributed by atoms with Gasteiger partial charge in [-0.3, -0.25) is 14.6 Å². The average molecular weight is 518 g/mol. The molecule has 2 aromatic carbocycles. The third-order valence-corrected chi connectivity index (χ3v) is 6.93. The maximum absolute atomic E-state index is 13.6. The molecule has 0 spiro atoms. The predicted octanol–water partition coefficient (Wildman–Crippen LogP) is 6.04. The van der Waals surface area contributed by atoms with Gasteiger partial charge >= 0.3 is 0 Å². The summed E-state index contributed by atoms with van der Waals surface area (Å²) in [6, 6.07) is 14.2. The number of benzene rings is 2. The third-order valence-electron chi connectivity index (χ3n) is 6.07. The molecule has 8 heteroatoms. The summed E-state index contributed by atoms with van der Waals surface area (Å²) < 4.78 is 18.8. The van der Waals surface area contributed by atoms with Crippen LogP contribution in [0.5, 0.6) is 0 Å². The summed E-state index contributed by atoms with van der Waals surface area (Å²) in [5.41, 5.74) is 3.44. The first-order chi connectivity index (χ1) is 16.3. The Morgan fingerprint density at radius 3 is 2.37 bits per heavy atom. The third kappa shape index (κ3) is 7.10. The van der Waals surface area contributed by atoms with E-state index in [4.69, 9.17) is 9.72 Å². The molecule has 1 aliphatic rings. The lowest BCUT2D eigenvalue weighted by molar-refractivity contribution is 0.0376. The summed E-state index contributed by atoms with van der Waals surface area (Å²) in [5.74, 6) is -0.333. The number of carbonyl (C=O) groups is 1. The van der Waals surface area contributed by atoms with Crippen LogP contribution in [0.2, 0.25) is 0 Å². The topological polar surface area (TPSA) is 45.7 Å². The van der Waals surface area contributed by atoms with E-state index in [1.165, 1.54) is 29.0 Å². The van der Waals surface area contributed by atoms with E-state index in [-0.39, 0.29) is 29.5 Å². The summed E-state index contributed by atoms with van der Waals surface area (Å²) in [7, 11) is 0. The number of carbonyl (C=O) groups excluding carboxylic acids is 1. The first-order valence-electron chi connectivity index (χ1n) is 11.8. The molecule has 0 unspecified atom stereocenters. The molecule has 0 radical (unpaired) electrons. The van der Waals surface area contributed by atoms with Crippen LogP contribution in [0.15, 0.2) is 53.9 Å². The zero-order chi connectivity index (χ0) is 24.1. The molecular weight excluding hydrogens is 485 g/mol. The number of nitrogens with zero attached hydrogens (tertiary/aromatic N) is 3. The number of morpholine rings is 1. The van der Waals surface area contributed by atoms with E-state index < -0.39 is 0 Å². The number of amides is 1. The first-order valence-corrected chi connectivity index (χ1v) is 12.6. The number of hydrogen-bond donors (Lipinski definition) is 0. The molecule has 0 atom stereocenters. The standard InChI is InChI=1S/C27H32FN3O2S.ClH/c1-27(2,3)22-9-5-21(6-10-22)25(32)31(14-4-13-30-15-17-33-18-16-30)26-29-24(19-34-26)20-7-11-23(28)12-8-20;/h5-12,19H,4,13-18H2,1-3H3;1H. The van der Waals surface area contributed by atoms with Gasteiger partial charge < -0.3 is 4.74 Å². The molecule has 1 fully saturated rings. The second-order valence-electron chi connectivity index (χ2n) is 9.61. The van der Waals surface area contributed by atoms with Gasteiger partial charge in [0.1, 0.15) is 5.82 Å². The summed E-state index contributed by atoms with van der Waals surface area (Å²) in [6.07, 6.45) is 0.845. The summed E-state index contributed by atoms with van der Waals surface area (Å²) in [5, 5.41) is 2.58. The number of rotatable bonds is 7. The molecule has 5 nitrogen and oxygen atoms in total. The van der Waals surface area contributed by atoms with Crippen molar-refractivity contribution in [3.05, 3.63) is 70.9 Å². The molecule has 0 bridgehead atoms. The molecule has 35 heavy (non-hydrogen) atoms. The van der Waals surface area contributed by atoms with Crippen molar-refractivity contribution in [3.8, 4) is 11.3 Å². The van der Waals surface area contributed by atoms with Gasteiger partial charge in [-0.25, -0.2) is 9.37 Å². The molecule has 0 aliphatic carbocycles. The SMILES string of the molecule is CC(C)(C)c1ccc(C(=O)N(CCCN2CCOCC2)c2nc(-c3ccc(F)cc3)cs2)cc1.Cl. The van der Waals surface area contributed by atoms with Gasteiger partial charge in [-0.15, -0.1) is 23.7 Å². The fourth-order valence-electron chi connectivity index (χ4n) is 3.97. The molecule has 1 amide bonds. The second-order valence-corrected chi connectivity index (χ2v) is 10.5. The Kier molecular flexibility index (Phi) is 9.41.